The van der Waals surface area contributed by atoms with E-state index in [1.165, 1.54) is 5.56 Å². The zero-order chi connectivity index (χ0) is 15.1. The Labute approximate surface area is 127 Å². The molecule has 1 heterocycles. The smallest absolute Gasteiger partial charge is 0.138 e. The molecule has 0 aliphatic heterocycles. The van der Waals surface area contributed by atoms with Gasteiger partial charge in [-0.3, -0.25) is 0 Å². The predicted molar refractivity (Wildman–Crippen MR) is 86.3 cm³/mol. The van der Waals surface area contributed by atoms with Gasteiger partial charge in [-0.15, -0.1) is 0 Å². The SMILES string of the molecule is CNCC(CCc1ncnn1CC(C)C)c1ccccc1. The number of hydrogen-bond donors (Lipinski definition) is 1. The van der Waals surface area contributed by atoms with Crippen LogP contribution in [-0.2, 0) is 13.0 Å². The minimum absolute atomic E-state index is 0.514. The van der Waals surface area contributed by atoms with Crippen LogP contribution >= 0.6 is 0 Å². The Morgan fingerprint density at radius 2 is 1.95 bits per heavy atom. The molecule has 0 saturated heterocycles. The fourth-order valence-corrected chi connectivity index (χ4v) is 2.64. The van der Waals surface area contributed by atoms with Crippen molar-refractivity contribution in [1.82, 2.24) is 20.1 Å². The minimum Gasteiger partial charge on any atom is -0.319 e. The van der Waals surface area contributed by atoms with Gasteiger partial charge in [0, 0.05) is 19.5 Å². The highest BCUT2D eigenvalue weighted by molar-refractivity contribution is 5.20. The van der Waals surface area contributed by atoms with Gasteiger partial charge in [0.15, 0.2) is 0 Å². The van der Waals surface area contributed by atoms with Crippen LogP contribution in [0.15, 0.2) is 36.7 Å². The lowest BCUT2D eigenvalue weighted by Gasteiger charge is -2.17. The topological polar surface area (TPSA) is 42.7 Å². The Balaban J connectivity index is 2.01. The summed E-state index contributed by atoms with van der Waals surface area (Å²) in [4.78, 5) is 4.43. The van der Waals surface area contributed by atoms with Crippen LogP contribution in [0.25, 0.3) is 0 Å². The molecule has 1 N–H and O–H groups in total. The third kappa shape index (κ3) is 4.67. The van der Waals surface area contributed by atoms with Gasteiger partial charge < -0.3 is 5.32 Å². The van der Waals surface area contributed by atoms with Crippen molar-refractivity contribution in [3.05, 3.63) is 48.0 Å². The molecule has 0 spiro atoms. The number of rotatable bonds is 8. The van der Waals surface area contributed by atoms with Gasteiger partial charge >= 0.3 is 0 Å². The first-order valence-electron chi connectivity index (χ1n) is 7.77. The van der Waals surface area contributed by atoms with Crippen molar-refractivity contribution in [3.63, 3.8) is 0 Å². The van der Waals surface area contributed by atoms with E-state index in [0.717, 1.165) is 31.8 Å². The van der Waals surface area contributed by atoms with Crippen LogP contribution in [0.3, 0.4) is 0 Å². The summed E-state index contributed by atoms with van der Waals surface area (Å²) in [5, 5.41) is 7.64. The quantitative estimate of drug-likeness (QED) is 0.811. The summed E-state index contributed by atoms with van der Waals surface area (Å²) in [6.07, 6.45) is 3.73. The zero-order valence-electron chi connectivity index (χ0n) is 13.3. The van der Waals surface area contributed by atoms with Gasteiger partial charge in [0.25, 0.3) is 0 Å². The number of likely N-dealkylation sites (N-methyl/N-ethyl adjacent to an activating group) is 1. The Hall–Kier alpha value is -1.68. The number of hydrogen-bond acceptors (Lipinski definition) is 3. The molecule has 0 aliphatic rings. The average molecular weight is 286 g/mol. The van der Waals surface area contributed by atoms with E-state index in [2.05, 4.69) is 59.6 Å². The lowest BCUT2D eigenvalue weighted by Crippen LogP contribution is -2.19. The zero-order valence-corrected chi connectivity index (χ0v) is 13.3. The van der Waals surface area contributed by atoms with Crippen LogP contribution in [0.4, 0.5) is 0 Å². The first-order chi connectivity index (χ1) is 10.2. The van der Waals surface area contributed by atoms with Gasteiger partial charge in [-0.25, -0.2) is 9.67 Å². The normalized spacial score (nSPS) is 12.8. The van der Waals surface area contributed by atoms with E-state index in [4.69, 9.17) is 0 Å². The van der Waals surface area contributed by atoms with E-state index >= 15 is 0 Å². The van der Waals surface area contributed by atoms with Gasteiger partial charge in [0.1, 0.15) is 12.2 Å². The summed E-state index contributed by atoms with van der Waals surface area (Å²) in [7, 11) is 2.01. The molecule has 0 bridgehead atoms. The third-order valence-electron chi connectivity index (χ3n) is 3.67. The number of aromatic nitrogens is 3. The largest absolute Gasteiger partial charge is 0.319 e. The predicted octanol–water partition coefficient (Wildman–Crippen LogP) is 2.87. The Kier molecular flexibility index (Phi) is 5.93. The minimum atomic E-state index is 0.514. The second-order valence-electron chi connectivity index (χ2n) is 5.96. The van der Waals surface area contributed by atoms with Crippen LogP contribution in [0.5, 0.6) is 0 Å². The van der Waals surface area contributed by atoms with E-state index in [-0.39, 0.29) is 0 Å². The van der Waals surface area contributed by atoms with Gasteiger partial charge in [-0.05, 0) is 30.9 Å². The van der Waals surface area contributed by atoms with Crippen LogP contribution in [-0.4, -0.2) is 28.4 Å². The van der Waals surface area contributed by atoms with Gasteiger partial charge in [0.2, 0.25) is 0 Å². The summed E-state index contributed by atoms with van der Waals surface area (Å²) in [6.45, 7) is 6.35. The lowest BCUT2D eigenvalue weighted by molar-refractivity contribution is 0.458. The number of benzene rings is 1. The highest BCUT2D eigenvalue weighted by atomic mass is 15.3. The van der Waals surface area contributed by atoms with Gasteiger partial charge in [-0.2, -0.15) is 5.10 Å². The molecule has 1 aromatic carbocycles. The van der Waals surface area contributed by atoms with Gasteiger partial charge in [-0.1, -0.05) is 44.2 Å². The summed E-state index contributed by atoms with van der Waals surface area (Å²) >= 11 is 0. The van der Waals surface area contributed by atoms with Crippen LogP contribution < -0.4 is 5.32 Å². The standard InChI is InChI=1S/C17H26N4/c1-14(2)12-21-17(19-13-20-21)10-9-16(11-18-3)15-7-5-4-6-8-15/h4-8,13-14,16,18H,9-12H2,1-3H3. The van der Waals surface area contributed by atoms with Crippen LogP contribution in [0.1, 0.15) is 37.6 Å². The molecule has 0 amide bonds. The summed E-state index contributed by atoms with van der Waals surface area (Å²) in [5.41, 5.74) is 1.39. The van der Waals surface area contributed by atoms with E-state index in [1.54, 1.807) is 6.33 Å². The van der Waals surface area contributed by atoms with E-state index in [9.17, 15) is 0 Å². The highest BCUT2D eigenvalue weighted by Crippen LogP contribution is 2.20. The van der Waals surface area contributed by atoms with Crippen molar-refractivity contribution in [2.75, 3.05) is 13.6 Å². The molecule has 0 saturated carbocycles. The second-order valence-corrected chi connectivity index (χ2v) is 5.96. The molecule has 4 nitrogen and oxygen atoms in total. The fourth-order valence-electron chi connectivity index (χ4n) is 2.64. The molecule has 0 radical (unpaired) electrons. The maximum absolute atomic E-state index is 4.43. The molecule has 1 atom stereocenters. The van der Waals surface area contributed by atoms with Gasteiger partial charge in [0.05, 0.1) is 0 Å². The fraction of sp³-hybridized carbons (Fsp3) is 0.529. The number of nitrogens with one attached hydrogen (secondary N) is 1. The molecule has 114 valence electrons. The maximum atomic E-state index is 4.43. The Bertz CT molecular complexity index is 519. The van der Waals surface area contributed by atoms with Crippen LogP contribution in [0, 0.1) is 5.92 Å². The molecule has 2 rings (SSSR count). The second kappa shape index (κ2) is 7.93. The molecule has 21 heavy (non-hydrogen) atoms. The molecule has 0 aliphatic carbocycles. The van der Waals surface area contributed by atoms with Crippen molar-refractivity contribution in [1.29, 1.82) is 0 Å². The molecule has 1 aromatic heterocycles. The van der Waals surface area contributed by atoms with Crippen molar-refractivity contribution in [2.24, 2.45) is 5.92 Å². The van der Waals surface area contributed by atoms with E-state index < -0.39 is 0 Å². The molecular formula is C17H26N4. The van der Waals surface area contributed by atoms with Crippen molar-refractivity contribution in [2.45, 2.75) is 39.2 Å². The van der Waals surface area contributed by atoms with Crippen LogP contribution in [0.2, 0.25) is 0 Å². The highest BCUT2D eigenvalue weighted by Gasteiger charge is 2.13. The average Bonchev–Trinajstić information content (AvgIpc) is 2.91. The monoisotopic (exact) mass is 286 g/mol. The van der Waals surface area contributed by atoms with E-state index in [1.807, 2.05) is 11.7 Å². The molecule has 0 fully saturated rings. The molecular weight excluding hydrogens is 260 g/mol. The van der Waals surface area contributed by atoms with Crippen molar-refractivity contribution < 1.29 is 0 Å². The maximum Gasteiger partial charge on any atom is 0.138 e. The Morgan fingerprint density at radius 3 is 2.62 bits per heavy atom. The molecule has 2 aromatic rings. The van der Waals surface area contributed by atoms with Crippen molar-refractivity contribution >= 4 is 0 Å². The summed E-state index contributed by atoms with van der Waals surface area (Å²) < 4.78 is 2.05. The van der Waals surface area contributed by atoms with E-state index in [0.29, 0.717) is 11.8 Å². The lowest BCUT2D eigenvalue weighted by atomic mass is 9.94. The van der Waals surface area contributed by atoms with Crippen molar-refractivity contribution in [3.8, 4) is 0 Å². The summed E-state index contributed by atoms with van der Waals surface area (Å²) in [5.74, 6) is 2.20. The summed E-state index contributed by atoms with van der Waals surface area (Å²) in [6, 6.07) is 10.7. The number of nitrogens with zero attached hydrogens (tertiary/aromatic N) is 3. The third-order valence-corrected chi connectivity index (χ3v) is 3.67. The molecule has 1 unspecified atom stereocenters. The number of aryl methyl sites for hydroxylation is 1. The molecule has 4 heteroatoms. The first kappa shape index (κ1) is 15.7. The first-order valence-corrected chi connectivity index (χ1v) is 7.77. The Morgan fingerprint density at radius 1 is 1.19 bits per heavy atom.